The number of halogens is 1. The van der Waals surface area contributed by atoms with Crippen LogP contribution in [-0.4, -0.2) is 20.7 Å². The largest absolute Gasteiger partial charge is 0.350 e. The van der Waals surface area contributed by atoms with Gasteiger partial charge in [-0.3, -0.25) is 4.79 Å². The van der Waals surface area contributed by atoms with Crippen molar-refractivity contribution in [3.05, 3.63) is 39.1 Å². The third-order valence-corrected chi connectivity index (χ3v) is 4.29. The van der Waals surface area contributed by atoms with Crippen LogP contribution in [0.1, 0.15) is 21.9 Å². The predicted molar refractivity (Wildman–Crippen MR) is 75.3 cm³/mol. The fraction of sp³-hybridized carbons (Fsp3) is 0.167. The fourth-order valence-corrected chi connectivity index (χ4v) is 3.49. The van der Waals surface area contributed by atoms with Crippen molar-refractivity contribution in [2.45, 2.75) is 13.8 Å². The number of thiophene rings is 1. The standard InChI is InChI=1S/C12H10BrN3OS/c1-6-3-7(2)16(15-6)12(17)9-4-10-8(14-9)5-11(13)18-10/h3-5,14H,1-2H3. The van der Waals surface area contributed by atoms with Gasteiger partial charge in [0.25, 0.3) is 5.91 Å². The smallest absolute Gasteiger partial charge is 0.294 e. The molecule has 0 spiro atoms. The van der Waals surface area contributed by atoms with Gasteiger partial charge in [-0.2, -0.15) is 9.78 Å². The molecule has 1 N–H and O–H groups in total. The molecule has 0 aromatic carbocycles. The summed E-state index contributed by atoms with van der Waals surface area (Å²) in [4.78, 5) is 15.4. The Morgan fingerprint density at radius 3 is 2.78 bits per heavy atom. The summed E-state index contributed by atoms with van der Waals surface area (Å²) in [6, 6.07) is 5.72. The van der Waals surface area contributed by atoms with Crippen LogP contribution in [0, 0.1) is 13.8 Å². The molecule has 0 aliphatic rings. The van der Waals surface area contributed by atoms with Gasteiger partial charge >= 0.3 is 0 Å². The van der Waals surface area contributed by atoms with Crippen LogP contribution < -0.4 is 0 Å². The maximum absolute atomic E-state index is 12.3. The number of hydrogen-bond donors (Lipinski definition) is 1. The zero-order chi connectivity index (χ0) is 12.9. The first-order valence-electron chi connectivity index (χ1n) is 5.40. The molecule has 0 aliphatic carbocycles. The summed E-state index contributed by atoms with van der Waals surface area (Å²) in [5.41, 5.74) is 3.22. The van der Waals surface area contributed by atoms with Gasteiger partial charge in [0.2, 0.25) is 0 Å². The second kappa shape index (κ2) is 4.07. The van der Waals surface area contributed by atoms with Crippen molar-refractivity contribution >= 4 is 43.4 Å². The third-order valence-electron chi connectivity index (χ3n) is 2.71. The van der Waals surface area contributed by atoms with Gasteiger partial charge in [-0.1, -0.05) is 0 Å². The lowest BCUT2D eigenvalue weighted by Gasteiger charge is -1.99. The normalized spacial score (nSPS) is 11.3. The van der Waals surface area contributed by atoms with E-state index in [4.69, 9.17) is 0 Å². The summed E-state index contributed by atoms with van der Waals surface area (Å²) >= 11 is 5.02. The Labute approximate surface area is 116 Å². The van der Waals surface area contributed by atoms with Crippen LogP contribution >= 0.6 is 27.3 Å². The predicted octanol–water partition coefficient (Wildman–Crippen LogP) is 3.49. The Morgan fingerprint density at radius 2 is 2.17 bits per heavy atom. The maximum Gasteiger partial charge on any atom is 0.294 e. The number of aryl methyl sites for hydroxylation is 2. The number of nitrogens with zero attached hydrogens (tertiary/aromatic N) is 2. The van der Waals surface area contributed by atoms with Gasteiger partial charge in [-0.25, -0.2) is 0 Å². The van der Waals surface area contributed by atoms with Gasteiger partial charge in [0, 0.05) is 5.69 Å². The van der Waals surface area contributed by atoms with E-state index in [0.717, 1.165) is 25.4 Å². The molecule has 18 heavy (non-hydrogen) atoms. The SMILES string of the molecule is Cc1cc(C)n(C(=O)c2cc3sc(Br)cc3[nH]2)n1. The van der Waals surface area contributed by atoms with E-state index in [-0.39, 0.29) is 5.91 Å². The zero-order valence-corrected chi connectivity index (χ0v) is 12.2. The first-order valence-corrected chi connectivity index (χ1v) is 7.01. The highest BCUT2D eigenvalue weighted by molar-refractivity contribution is 9.11. The van der Waals surface area contributed by atoms with E-state index in [2.05, 4.69) is 26.0 Å². The number of rotatable bonds is 1. The van der Waals surface area contributed by atoms with Crippen molar-refractivity contribution in [1.29, 1.82) is 0 Å². The molecule has 0 radical (unpaired) electrons. The molecule has 6 heteroatoms. The molecule has 0 bridgehead atoms. The summed E-state index contributed by atoms with van der Waals surface area (Å²) in [5.74, 6) is -0.125. The lowest BCUT2D eigenvalue weighted by Crippen LogP contribution is -2.15. The highest BCUT2D eigenvalue weighted by Gasteiger charge is 2.16. The lowest BCUT2D eigenvalue weighted by molar-refractivity contribution is 0.0938. The van der Waals surface area contributed by atoms with Gasteiger partial charge in [0.1, 0.15) is 5.69 Å². The Bertz CT molecular complexity index is 721. The second-order valence-electron chi connectivity index (χ2n) is 4.16. The minimum absolute atomic E-state index is 0.125. The molecule has 3 aromatic heterocycles. The summed E-state index contributed by atoms with van der Waals surface area (Å²) in [6.07, 6.45) is 0. The molecule has 92 valence electrons. The van der Waals surface area contributed by atoms with Gasteiger partial charge in [0.15, 0.2) is 0 Å². The van der Waals surface area contributed by atoms with Crippen LogP contribution in [-0.2, 0) is 0 Å². The molecular weight excluding hydrogens is 314 g/mol. The minimum atomic E-state index is -0.125. The number of H-pyrrole nitrogens is 1. The zero-order valence-electron chi connectivity index (χ0n) is 9.82. The Balaban J connectivity index is 2.06. The Hall–Kier alpha value is -1.40. The summed E-state index contributed by atoms with van der Waals surface area (Å²) in [5, 5.41) is 4.20. The molecule has 0 fully saturated rings. The molecule has 0 unspecified atom stereocenters. The number of aromatic amines is 1. The molecule has 3 heterocycles. The van der Waals surface area contributed by atoms with E-state index >= 15 is 0 Å². The van der Waals surface area contributed by atoms with Crippen molar-refractivity contribution < 1.29 is 4.79 Å². The third kappa shape index (κ3) is 1.81. The minimum Gasteiger partial charge on any atom is -0.350 e. The number of hydrogen-bond acceptors (Lipinski definition) is 3. The number of fused-ring (bicyclic) bond motifs is 1. The molecule has 3 aromatic rings. The van der Waals surface area contributed by atoms with Gasteiger partial charge < -0.3 is 4.98 Å². The molecule has 0 atom stereocenters. The molecule has 0 saturated carbocycles. The van der Waals surface area contributed by atoms with Crippen molar-refractivity contribution in [3.8, 4) is 0 Å². The highest BCUT2D eigenvalue weighted by atomic mass is 79.9. The van der Waals surface area contributed by atoms with Crippen LogP contribution in [0.3, 0.4) is 0 Å². The molecule has 0 saturated heterocycles. The van der Waals surface area contributed by atoms with Crippen LogP contribution in [0.4, 0.5) is 0 Å². The van der Waals surface area contributed by atoms with E-state index in [1.165, 1.54) is 4.68 Å². The van der Waals surface area contributed by atoms with Gasteiger partial charge in [0.05, 0.1) is 19.7 Å². The summed E-state index contributed by atoms with van der Waals surface area (Å²) < 4.78 is 3.54. The quantitative estimate of drug-likeness (QED) is 0.745. The summed E-state index contributed by atoms with van der Waals surface area (Å²) in [6.45, 7) is 3.75. The molecule has 0 aliphatic heterocycles. The van der Waals surface area contributed by atoms with E-state index in [1.54, 1.807) is 11.3 Å². The number of carbonyl (C=O) groups is 1. The van der Waals surface area contributed by atoms with Crippen molar-refractivity contribution in [2.75, 3.05) is 0 Å². The first-order chi connectivity index (χ1) is 8.54. The van der Waals surface area contributed by atoms with E-state index in [0.29, 0.717) is 5.69 Å². The molecular formula is C12H10BrN3OS. The average Bonchev–Trinajstić information content (AvgIpc) is 2.90. The molecule has 3 rings (SSSR count). The van der Waals surface area contributed by atoms with E-state index < -0.39 is 0 Å². The van der Waals surface area contributed by atoms with Gasteiger partial charge in [-0.05, 0) is 48.0 Å². The first kappa shape index (κ1) is 11.7. The van der Waals surface area contributed by atoms with Crippen molar-refractivity contribution in [3.63, 3.8) is 0 Å². The second-order valence-corrected chi connectivity index (χ2v) is 6.62. The lowest BCUT2D eigenvalue weighted by atomic mass is 10.4. The Kier molecular flexibility index (Phi) is 2.64. The molecule has 4 nitrogen and oxygen atoms in total. The van der Waals surface area contributed by atoms with Crippen LogP contribution in [0.5, 0.6) is 0 Å². The van der Waals surface area contributed by atoms with E-state index in [1.807, 2.05) is 32.0 Å². The van der Waals surface area contributed by atoms with Crippen LogP contribution in [0.25, 0.3) is 10.2 Å². The maximum atomic E-state index is 12.3. The van der Waals surface area contributed by atoms with Crippen molar-refractivity contribution in [1.82, 2.24) is 14.8 Å². The fourth-order valence-electron chi connectivity index (χ4n) is 1.96. The monoisotopic (exact) mass is 323 g/mol. The number of nitrogens with one attached hydrogen (secondary N) is 1. The topological polar surface area (TPSA) is 50.7 Å². The van der Waals surface area contributed by atoms with Crippen molar-refractivity contribution in [2.24, 2.45) is 0 Å². The van der Waals surface area contributed by atoms with E-state index in [9.17, 15) is 4.79 Å². The average molecular weight is 324 g/mol. The van der Waals surface area contributed by atoms with Crippen LogP contribution in [0.2, 0.25) is 0 Å². The van der Waals surface area contributed by atoms with Gasteiger partial charge in [-0.15, -0.1) is 11.3 Å². The molecule has 0 amide bonds. The number of carbonyl (C=O) groups excluding carboxylic acids is 1. The highest BCUT2D eigenvalue weighted by Crippen LogP contribution is 2.30. The Morgan fingerprint density at radius 1 is 1.39 bits per heavy atom. The number of aromatic nitrogens is 3. The summed E-state index contributed by atoms with van der Waals surface area (Å²) in [7, 11) is 0. The van der Waals surface area contributed by atoms with Crippen LogP contribution in [0.15, 0.2) is 22.0 Å².